The van der Waals surface area contributed by atoms with Crippen molar-refractivity contribution in [1.29, 1.82) is 0 Å². The van der Waals surface area contributed by atoms with E-state index in [9.17, 15) is 13.2 Å². The summed E-state index contributed by atoms with van der Waals surface area (Å²) in [4.78, 5) is 1.45. The van der Waals surface area contributed by atoms with Crippen LogP contribution in [0.3, 0.4) is 0 Å². The number of hydrogen-bond donors (Lipinski definition) is 2. The first-order valence-electron chi connectivity index (χ1n) is 7.05. The monoisotopic (exact) mass is 304 g/mol. The van der Waals surface area contributed by atoms with Gasteiger partial charge in [-0.3, -0.25) is 0 Å². The number of alkyl halides is 3. The average Bonchev–Trinajstić information content (AvgIpc) is 2.45. The smallest absolute Gasteiger partial charge is 0.394 e. The molecule has 0 amide bonds. The molecule has 0 fully saturated rings. The SMILES string of the molecule is CCCNCc1ccc(N(C)C(C)CO)c(C(F)(F)F)c1. The van der Waals surface area contributed by atoms with E-state index in [0.717, 1.165) is 13.0 Å². The van der Waals surface area contributed by atoms with Gasteiger partial charge in [-0.15, -0.1) is 0 Å². The van der Waals surface area contributed by atoms with Gasteiger partial charge in [-0.25, -0.2) is 0 Å². The Balaban J connectivity index is 3.08. The summed E-state index contributed by atoms with van der Waals surface area (Å²) in [7, 11) is 1.56. The van der Waals surface area contributed by atoms with Crippen LogP contribution in [0.1, 0.15) is 31.4 Å². The lowest BCUT2D eigenvalue weighted by Crippen LogP contribution is -2.33. The minimum atomic E-state index is -4.42. The molecular formula is C15H23F3N2O. The maximum Gasteiger partial charge on any atom is 0.418 e. The maximum atomic E-state index is 13.2. The van der Waals surface area contributed by atoms with Gasteiger partial charge in [-0.05, 0) is 37.6 Å². The second kappa shape index (κ2) is 7.66. The first kappa shape index (κ1) is 17.8. The summed E-state index contributed by atoms with van der Waals surface area (Å²) in [6.45, 7) is 4.66. The fraction of sp³-hybridized carbons (Fsp3) is 0.600. The molecule has 1 unspecified atom stereocenters. The third kappa shape index (κ3) is 4.89. The topological polar surface area (TPSA) is 35.5 Å². The number of aliphatic hydroxyl groups is 1. The first-order chi connectivity index (χ1) is 9.81. The van der Waals surface area contributed by atoms with E-state index in [4.69, 9.17) is 5.11 Å². The molecule has 21 heavy (non-hydrogen) atoms. The van der Waals surface area contributed by atoms with Crippen LogP contribution in [-0.4, -0.2) is 31.3 Å². The molecule has 2 N–H and O–H groups in total. The van der Waals surface area contributed by atoms with Crippen molar-refractivity contribution in [2.45, 2.75) is 39.0 Å². The molecule has 0 saturated heterocycles. The number of benzene rings is 1. The van der Waals surface area contributed by atoms with Crippen LogP contribution >= 0.6 is 0 Å². The van der Waals surface area contributed by atoms with Crippen LogP contribution in [-0.2, 0) is 12.7 Å². The maximum absolute atomic E-state index is 13.2. The number of halogens is 3. The normalized spacial score (nSPS) is 13.3. The molecule has 0 saturated carbocycles. The fourth-order valence-electron chi connectivity index (χ4n) is 2.00. The van der Waals surface area contributed by atoms with Crippen LogP contribution in [0, 0.1) is 0 Å². The van der Waals surface area contributed by atoms with Gasteiger partial charge in [0.15, 0.2) is 0 Å². The molecule has 1 atom stereocenters. The van der Waals surface area contributed by atoms with Gasteiger partial charge in [-0.2, -0.15) is 13.2 Å². The molecule has 0 aliphatic heterocycles. The fourth-order valence-corrected chi connectivity index (χ4v) is 2.00. The molecule has 6 heteroatoms. The highest BCUT2D eigenvalue weighted by atomic mass is 19.4. The number of nitrogens with one attached hydrogen (secondary N) is 1. The molecule has 0 spiro atoms. The zero-order valence-electron chi connectivity index (χ0n) is 12.7. The molecule has 0 bridgehead atoms. The zero-order chi connectivity index (χ0) is 16.0. The largest absolute Gasteiger partial charge is 0.418 e. The Morgan fingerprint density at radius 1 is 1.33 bits per heavy atom. The van der Waals surface area contributed by atoms with E-state index in [1.165, 1.54) is 17.0 Å². The third-order valence-corrected chi connectivity index (χ3v) is 3.43. The lowest BCUT2D eigenvalue weighted by molar-refractivity contribution is -0.137. The van der Waals surface area contributed by atoms with Crippen molar-refractivity contribution in [2.24, 2.45) is 0 Å². The van der Waals surface area contributed by atoms with E-state index < -0.39 is 11.7 Å². The Morgan fingerprint density at radius 3 is 2.52 bits per heavy atom. The van der Waals surface area contributed by atoms with Crippen molar-refractivity contribution in [2.75, 3.05) is 25.1 Å². The van der Waals surface area contributed by atoms with E-state index in [2.05, 4.69) is 5.32 Å². The van der Waals surface area contributed by atoms with Crippen molar-refractivity contribution in [1.82, 2.24) is 5.32 Å². The van der Waals surface area contributed by atoms with Gasteiger partial charge >= 0.3 is 6.18 Å². The Morgan fingerprint density at radius 2 is 2.00 bits per heavy atom. The number of hydrogen-bond acceptors (Lipinski definition) is 3. The highest BCUT2D eigenvalue weighted by molar-refractivity contribution is 5.56. The van der Waals surface area contributed by atoms with Gasteiger partial charge in [0.2, 0.25) is 0 Å². The summed E-state index contributed by atoms with van der Waals surface area (Å²) in [5, 5.41) is 12.2. The van der Waals surface area contributed by atoms with E-state index >= 15 is 0 Å². The number of rotatable bonds is 7. The Kier molecular flexibility index (Phi) is 6.48. The molecule has 0 aromatic heterocycles. The molecule has 0 aliphatic rings. The van der Waals surface area contributed by atoms with Crippen molar-refractivity contribution in [3.63, 3.8) is 0 Å². The Labute approximate surface area is 123 Å². The second-order valence-corrected chi connectivity index (χ2v) is 5.17. The average molecular weight is 304 g/mol. The third-order valence-electron chi connectivity index (χ3n) is 3.43. The zero-order valence-corrected chi connectivity index (χ0v) is 12.7. The lowest BCUT2D eigenvalue weighted by atomic mass is 10.1. The van der Waals surface area contributed by atoms with Gasteiger partial charge < -0.3 is 15.3 Å². The minimum Gasteiger partial charge on any atom is -0.394 e. The molecule has 1 rings (SSSR count). The minimum absolute atomic E-state index is 0.0864. The molecule has 1 aromatic rings. The molecular weight excluding hydrogens is 281 g/mol. The summed E-state index contributed by atoms with van der Waals surface area (Å²) in [6, 6.07) is 3.96. The van der Waals surface area contributed by atoms with Crippen molar-refractivity contribution < 1.29 is 18.3 Å². The predicted molar refractivity (Wildman–Crippen MR) is 78.4 cm³/mol. The van der Waals surface area contributed by atoms with Gasteiger partial charge in [0, 0.05) is 25.3 Å². The van der Waals surface area contributed by atoms with Crippen LogP contribution in [0.5, 0.6) is 0 Å². The molecule has 0 aliphatic carbocycles. The molecule has 120 valence electrons. The van der Waals surface area contributed by atoms with E-state index in [-0.39, 0.29) is 18.3 Å². The second-order valence-electron chi connectivity index (χ2n) is 5.17. The first-order valence-corrected chi connectivity index (χ1v) is 7.05. The summed E-state index contributed by atoms with van der Waals surface area (Å²) in [5.74, 6) is 0. The highest BCUT2D eigenvalue weighted by Gasteiger charge is 2.35. The molecule has 3 nitrogen and oxygen atoms in total. The van der Waals surface area contributed by atoms with E-state index in [0.29, 0.717) is 12.1 Å². The van der Waals surface area contributed by atoms with Crippen LogP contribution in [0.25, 0.3) is 0 Å². The summed E-state index contributed by atoms with van der Waals surface area (Å²) < 4.78 is 39.7. The van der Waals surface area contributed by atoms with Crippen LogP contribution in [0.15, 0.2) is 18.2 Å². The number of likely N-dealkylation sites (N-methyl/N-ethyl adjacent to an activating group) is 1. The van der Waals surface area contributed by atoms with Gasteiger partial charge in [0.05, 0.1) is 12.2 Å². The molecule has 0 radical (unpaired) electrons. The van der Waals surface area contributed by atoms with Crippen LogP contribution < -0.4 is 10.2 Å². The molecule has 1 aromatic carbocycles. The lowest BCUT2D eigenvalue weighted by Gasteiger charge is -2.28. The number of nitrogens with zero attached hydrogens (tertiary/aromatic N) is 1. The molecule has 0 heterocycles. The quantitative estimate of drug-likeness (QED) is 0.760. The van der Waals surface area contributed by atoms with Gasteiger partial charge in [0.25, 0.3) is 0 Å². The summed E-state index contributed by atoms with van der Waals surface area (Å²) in [5.41, 5.74) is 0.0222. The Bertz CT molecular complexity index is 449. The van der Waals surface area contributed by atoms with Crippen LogP contribution in [0.4, 0.5) is 18.9 Å². The number of anilines is 1. The summed E-state index contributed by atoms with van der Waals surface area (Å²) in [6.07, 6.45) is -3.49. The van der Waals surface area contributed by atoms with Gasteiger partial charge in [-0.1, -0.05) is 13.0 Å². The van der Waals surface area contributed by atoms with Crippen molar-refractivity contribution in [3.8, 4) is 0 Å². The van der Waals surface area contributed by atoms with E-state index in [1.54, 1.807) is 20.0 Å². The van der Waals surface area contributed by atoms with Crippen LogP contribution in [0.2, 0.25) is 0 Å². The van der Waals surface area contributed by atoms with Crippen molar-refractivity contribution in [3.05, 3.63) is 29.3 Å². The van der Waals surface area contributed by atoms with E-state index in [1.807, 2.05) is 6.92 Å². The van der Waals surface area contributed by atoms with Crippen molar-refractivity contribution >= 4 is 5.69 Å². The van der Waals surface area contributed by atoms with Gasteiger partial charge in [0.1, 0.15) is 0 Å². The predicted octanol–water partition coefficient (Wildman–Crippen LogP) is 3.02. The number of aliphatic hydroxyl groups excluding tert-OH is 1. The highest BCUT2D eigenvalue weighted by Crippen LogP contribution is 2.37. The standard InChI is InChI=1S/C15H23F3N2O/c1-4-7-19-9-12-5-6-14(20(3)11(2)10-21)13(8-12)15(16,17)18/h5-6,8,11,19,21H,4,7,9-10H2,1-3H3. The summed E-state index contributed by atoms with van der Waals surface area (Å²) >= 11 is 0. The Hall–Kier alpha value is -1.27.